The Morgan fingerprint density at radius 1 is 1.26 bits per heavy atom. The van der Waals surface area contributed by atoms with Crippen molar-refractivity contribution in [1.29, 1.82) is 0 Å². The van der Waals surface area contributed by atoms with Crippen LogP contribution in [-0.2, 0) is 4.79 Å². The van der Waals surface area contributed by atoms with Crippen LogP contribution in [0.4, 0.5) is 0 Å². The van der Waals surface area contributed by atoms with Crippen LogP contribution in [0.3, 0.4) is 0 Å². The lowest BCUT2D eigenvalue weighted by Crippen LogP contribution is -2.52. The zero-order chi connectivity index (χ0) is 15.4. The quantitative estimate of drug-likeness (QED) is 0.885. The summed E-state index contributed by atoms with van der Waals surface area (Å²) in [4.78, 5) is 17.5. The predicted molar refractivity (Wildman–Crippen MR) is 93.0 cm³/mol. The van der Waals surface area contributed by atoms with Crippen molar-refractivity contribution < 1.29 is 4.79 Å². The molecule has 2 unspecified atom stereocenters. The number of fused-ring (bicyclic) bond motifs is 3. The van der Waals surface area contributed by atoms with Gasteiger partial charge < -0.3 is 10.3 Å². The van der Waals surface area contributed by atoms with Crippen molar-refractivity contribution in [3.8, 4) is 0 Å². The highest BCUT2D eigenvalue weighted by Gasteiger charge is 2.43. The number of hydrogen-bond acceptors (Lipinski definition) is 6. The van der Waals surface area contributed by atoms with Crippen LogP contribution in [0.25, 0.3) is 0 Å². The van der Waals surface area contributed by atoms with Gasteiger partial charge in [-0.1, -0.05) is 0 Å². The number of piperazine rings is 1. The Hall–Kier alpha value is -1.05. The van der Waals surface area contributed by atoms with Crippen molar-refractivity contribution in [3.05, 3.63) is 17.0 Å². The van der Waals surface area contributed by atoms with Crippen molar-refractivity contribution in [2.45, 2.75) is 29.1 Å². The summed E-state index contributed by atoms with van der Waals surface area (Å²) in [5, 5.41) is 6.59. The molecule has 0 aromatic carbocycles. The van der Waals surface area contributed by atoms with Crippen LogP contribution in [0.15, 0.2) is 20.8 Å². The molecule has 4 aliphatic rings. The lowest BCUT2D eigenvalue weighted by molar-refractivity contribution is -0.126. The molecular formula is C16H20N4OS2. The van der Waals surface area contributed by atoms with Gasteiger partial charge in [-0.3, -0.25) is 9.69 Å². The molecule has 23 heavy (non-hydrogen) atoms. The maximum atomic E-state index is 12.9. The van der Waals surface area contributed by atoms with Crippen LogP contribution in [0, 0.1) is 5.92 Å². The van der Waals surface area contributed by atoms with Crippen LogP contribution in [0.2, 0.25) is 0 Å². The molecule has 0 bridgehead atoms. The lowest BCUT2D eigenvalue weighted by Gasteiger charge is -2.35. The second-order valence-electron chi connectivity index (χ2n) is 6.74. The zero-order valence-corrected chi connectivity index (χ0v) is 14.5. The molecule has 2 atom stereocenters. The smallest absolute Gasteiger partial charge is 0.270 e. The summed E-state index contributed by atoms with van der Waals surface area (Å²) < 4.78 is 1.38. The van der Waals surface area contributed by atoms with Gasteiger partial charge in [0, 0.05) is 49.5 Å². The van der Waals surface area contributed by atoms with E-state index in [4.69, 9.17) is 0 Å². The van der Waals surface area contributed by atoms with Gasteiger partial charge >= 0.3 is 0 Å². The summed E-state index contributed by atoms with van der Waals surface area (Å²) >= 11 is 3.66. The van der Waals surface area contributed by atoms with E-state index in [2.05, 4.69) is 26.9 Å². The Labute approximate surface area is 144 Å². The minimum absolute atomic E-state index is 0.153. The topological polar surface area (TPSA) is 47.9 Å². The number of thioether (sulfide) groups is 1. The number of hydrazone groups is 1. The van der Waals surface area contributed by atoms with E-state index >= 15 is 0 Å². The normalized spacial score (nSPS) is 30.4. The van der Waals surface area contributed by atoms with Crippen molar-refractivity contribution >= 4 is 34.7 Å². The molecule has 122 valence electrons. The van der Waals surface area contributed by atoms with E-state index in [1.807, 2.05) is 16.7 Å². The monoisotopic (exact) mass is 348 g/mol. The Kier molecular flexibility index (Phi) is 3.42. The zero-order valence-electron chi connectivity index (χ0n) is 12.9. The van der Waals surface area contributed by atoms with E-state index in [1.54, 1.807) is 11.3 Å². The van der Waals surface area contributed by atoms with Crippen molar-refractivity contribution in [2.24, 2.45) is 11.0 Å². The number of hydrogen-bond donors (Lipinski definition) is 1. The van der Waals surface area contributed by atoms with E-state index < -0.39 is 0 Å². The highest BCUT2D eigenvalue weighted by molar-refractivity contribution is 8.01. The number of amides is 1. The molecule has 1 aliphatic carbocycles. The fourth-order valence-corrected chi connectivity index (χ4v) is 6.20. The molecule has 4 heterocycles. The highest BCUT2D eigenvalue weighted by atomic mass is 32.2. The largest absolute Gasteiger partial charge is 0.335 e. The maximum absolute atomic E-state index is 12.9. The summed E-state index contributed by atoms with van der Waals surface area (Å²) in [7, 11) is 0. The molecule has 0 spiro atoms. The van der Waals surface area contributed by atoms with Crippen molar-refractivity contribution in [3.63, 3.8) is 0 Å². The Morgan fingerprint density at radius 3 is 2.87 bits per heavy atom. The molecule has 0 radical (unpaired) electrons. The van der Waals surface area contributed by atoms with Crippen molar-refractivity contribution in [1.82, 2.24) is 15.2 Å². The van der Waals surface area contributed by atoms with Crippen LogP contribution in [-0.4, -0.2) is 59.4 Å². The predicted octanol–water partition coefficient (Wildman–Crippen LogP) is 1.78. The van der Waals surface area contributed by atoms with Gasteiger partial charge in [0.15, 0.2) is 0 Å². The molecule has 5 nitrogen and oxygen atoms in total. The van der Waals surface area contributed by atoms with E-state index in [9.17, 15) is 4.79 Å². The Morgan fingerprint density at radius 2 is 2.09 bits per heavy atom. The van der Waals surface area contributed by atoms with Gasteiger partial charge in [0.1, 0.15) is 5.71 Å². The van der Waals surface area contributed by atoms with Gasteiger partial charge in [-0.2, -0.15) is 5.10 Å². The highest BCUT2D eigenvalue weighted by Crippen LogP contribution is 2.45. The first-order valence-corrected chi connectivity index (χ1v) is 10.2. The van der Waals surface area contributed by atoms with E-state index in [0.717, 1.165) is 43.7 Å². The molecule has 3 aliphatic heterocycles. The molecule has 1 aromatic heterocycles. The minimum Gasteiger partial charge on any atom is -0.335 e. The standard InChI is InChI=1S/C16H20N4OS2/c21-15(20-6-4-19(5-7-20)10-1-2-10)14-12-9-23-16-11(3-8-22-16)13(12)17-18-14/h3,8,10,12-13,17H,1-2,4-7,9H2. The Bertz CT molecular complexity index is 661. The van der Waals surface area contributed by atoms with Gasteiger partial charge in [0.05, 0.1) is 10.3 Å². The van der Waals surface area contributed by atoms with Gasteiger partial charge in [-0.25, -0.2) is 0 Å². The molecule has 1 amide bonds. The molecule has 1 saturated carbocycles. The number of nitrogens with one attached hydrogen (secondary N) is 1. The Balaban J connectivity index is 1.28. The van der Waals surface area contributed by atoms with Crippen molar-refractivity contribution in [2.75, 3.05) is 31.9 Å². The third-order valence-electron chi connectivity index (χ3n) is 5.35. The van der Waals surface area contributed by atoms with Gasteiger partial charge in [-0.15, -0.1) is 23.1 Å². The summed E-state index contributed by atoms with van der Waals surface area (Å²) in [5.41, 5.74) is 5.30. The number of rotatable bonds is 2. The molecule has 5 rings (SSSR count). The molecule has 1 saturated heterocycles. The molecule has 7 heteroatoms. The molecular weight excluding hydrogens is 328 g/mol. The fraction of sp³-hybridized carbons (Fsp3) is 0.625. The fourth-order valence-electron chi connectivity index (χ4n) is 3.85. The second-order valence-corrected chi connectivity index (χ2v) is 8.95. The number of carbonyl (C=O) groups is 1. The SMILES string of the molecule is O=C(C1=NNC2c3ccsc3SCC12)N1CCN(C2CC2)CC1. The first-order chi connectivity index (χ1) is 11.3. The summed E-state index contributed by atoms with van der Waals surface area (Å²) in [6.07, 6.45) is 2.68. The first-order valence-electron chi connectivity index (χ1n) is 8.38. The van der Waals surface area contributed by atoms with Crippen LogP contribution < -0.4 is 5.43 Å². The van der Waals surface area contributed by atoms with E-state index in [0.29, 0.717) is 0 Å². The molecule has 1 aromatic rings. The third-order valence-corrected chi connectivity index (χ3v) is 7.74. The maximum Gasteiger partial charge on any atom is 0.270 e. The van der Waals surface area contributed by atoms with E-state index in [1.165, 1.54) is 22.6 Å². The van der Waals surface area contributed by atoms with E-state index in [-0.39, 0.29) is 17.9 Å². The minimum atomic E-state index is 0.153. The van der Waals surface area contributed by atoms with Gasteiger partial charge in [0.2, 0.25) is 0 Å². The average Bonchev–Trinajstić information content (AvgIpc) is 3.16. The molecule has 2 fully saturated rings. The van der Waals surface area contributed by atoms with Crippen LogP contribution in [0.1, 0.15) is 24.4 Å². The number of nitrogens with zero attached hydrogens (tertiary/aromatic N) is 3. The number of carbonyl (C=O) groups excluding carboxylic acids is 1. The summed E-state index contributed by atoms with van der Waals surface area (Å²) in [6, 6.07) is 3.17. The average molecular weight is 348 g/mol. The lowest BCUT2D eigenvalue weighted by atomic mass is 9.92. The summed E-state index contributed by atoms with van der Waals surface area (Å²) in [6.45, 7) is 3.74. The number of thiophene rings is 1. The molecule has 1 N–H and O–H groups in total. The third kappa shape index (κ3) is 2.40. The second kappa shape index (κ2) is 5.50. The van der Waals surface area contributed by atoms with Gasteiger partial charge in [0.25, 0.3) is 5.91 Å². The van der Waals surface area contributed by atoms with Crippen LogP contribution >= 0.6 is 23.1 Å². The first kappa shape index (κ1) is 14.3. The van der Waals surface area contributed by atoms with Crippen LogP contribution in [0.5, 0.6) is 0 Å². The summed E-state index contributed by atoms with van der Waals surface area (Å²) in [5.74, 6) is 1.33. The van der Waals surface area contributed by atoms with Gasteiger partial charge in [-0.05, 0) is 24.3 Å².